The largest absolute Gasteiger partial charge is 0.497 e. The Hall–Kier alpha value is -4.77. The molecule has 5 rings (SSSR count). The van der Waals surface area contributed by atoms with E-state index in [4.69, 9.17) is 15.0 Å². The van der Waals surface area contributed by atoms with Crippen LogP contribution in [0.4, 0.5) is 11.4 Å². The van der Waals surface area contributed by atoms with Gasteiger partial charge in [0.25, 0.3) is 0 Å². The van der Waals surface area contributed by atoms with Crippen LogP contribution in [0.15, 0.2) is 114 Å². The van der Waals surface area contributed by atoms with E-state index < -0.39 is 0 Å². The van der Waals surface area contributed by atoms with Crippen molar-refractivity contribution in [3.05, 3.63) is 121 Å². The molecule has 0 aliphatic heterocycles. The Balaban J connectivity index is 1.39. The highest BCUT2D eigenvalue weighted by molar-refractivity contribution is 5.82. The summed E-state index contributed by atoms with van der Waals surface area (Å²) in [6.45, 7) is 6.42. The third-order valence-corrected chi connectivity index (χ3v) is 6.60. The molecule has 0 fully saturated rings. The number of allylic oxidation sites excluding steroid dienone is 1. The Morgan fingerprint density at radius 3 is 2.00 bits per heavy atom. The lowest BCUT2D eigenvalue weighted by atomic mass is 9.96. The van der Waals surface area contributed by atoms with E-state index in [2.05, 4.69) is 60.4 Å². The van der Waals surface area contributed by atoms with Crippen molar-refractivity contribution in [1.29, 1.82) is 0 Å². The molecule has 5 aromatic rings. The van der Waals surface area contributed by atoms with E-state index >= 15 is 0 Å². The SMILES string of the molecule is C=C(Cc1onc(-c2ccc(CC)cc2)c1-c1ccc(OC)cc1)Nc1ccc(-c2ccc(N)cc2)cc1. The van der Waals surface area contributed by atoms with Crippen LogP contribution >= 0.6 is 0 Å². The second kappa shape index (κ2) is 11.1. The minimum atomic E-state index is 0.487. The predicted molar refractivity (Wildman–Crippen MR) is 156 cm³/mol. The minimum absolute atomic E-state index is 0.487. The fraction of sp³-hybridized carbons (Fsp3) is 0.121. The van der Waals surface area contributed by atoms with E-state index in [9.17, 15) is 0 Å². The van der Waals surface area contributed by atoms with Crippen molar-refractivity contribution in [2.24, 2.45) is 0 Å². The molecule has 5 nitrogen and oxygen atoms in total. The van der Waals surface area contributed by atoms with Crippen LogP contribution in [0, 0.1) is 0 Å². The van der Waals surface area contributed by atoms with Crippen molar-refractivity contribution in [3.63, 3.8) is 0 Å². The number of ether oxygens (including phenoxy) is 1. The van der Waals surface area contributed by atoms with Gasteiger partial charge in [0, 0.05) is 29.1 Å². The molecule has 38 heavy (non-hydrogen) atoms. The summed E-state index contributed by atoms with van der Waals surface area (Å²) in [5, 5.41) is 7.91. The van der Waals surface area contributed by atoms with E-state index in [-0.39, 0.29) is 0 Å². The highest BCUT2D eigenvalue weighted by Gasteiger charge is 2.20. The van der Waals surface area contributed by atoms with Crippen molar-refractivity contribution in [3.8, 4) is 39.3 Å². The lowest BCUT2D eigenvalue weighted by molar-refractivity contribution is 0.392. The number of hydrogen-bond donors (Lipinski definition) is 2. The third kappa shape index (κ3) is 5.47. The zero-order chi connectivity index (χ0) is 26.5. The number of anilines is 2. The van der Waals surface area contributed by atoms with Crippen LogP contribution < -0.4 is 15.8 Å². The molecular weight excluding hydrogens is 470 g/mol. The van der Waals surface area contributed by atoms with Crippen molar-refractivity contribution >= 4 is 11.4 Å². The lowest BCUT2D eigenvalue weighted by Crippen LogP contribution is -2.02. The highest BCUT2D eigenvalue weighted by atomic mass is 16.5. The number of methoxy groups -OCH3 is 1. The maximum absolute atomic E-state index is 5.92. The van der Waals surface area contributed by atoms with E-state index in [1.54, 1.807) is 7.11 Å². The topological polar surface area (TPSA) is 73.3 Å². The second-order valence-corrected chi connectivity index (χ2v) is 9.21. The molecular formula is C33H31N3O2. The number of rotatable bonds is 9. The summed E-state index contributed by atoms with van der Waals surface area (Å²) in [6, 6.07) is 32.5. The lowest BCUT2D eigenvalue weighted by Gasteiger charge is -2.11. The maximum Gasteiger partial charge on any atom is 0.151 e. The van der Waals surface area contributed by atoms with E-state index in [0.717, 1.165) is 68.5 Å². The Labute approximate surface area is 223 Å². The zero-order valence-corrected chi connectivity index (χ0v) is 21.7. The molecule has 0 spiro atoms. The van der Waals surface area contributed by atoms with Crippen LogP contribution in [0.1, 0.15) is 18.2 Å². The number of nitrogens with two attached hydrogens (primary N) is 1. The molecule has 4 aromatic carbocycles. The average molecular weight is 502 g/mol. The summed E-state index contributed by atoms with van der Waals surface area (Å²) in [6.07, 6.45) is 1.48. The van der Waals surface area contributed by atoms with E-state index in [1.807, 2.05) is 60.7 Å². The first-order valence-electron chi connectivity index (χ1n) is 12.7. The van der Waals surface area contributed by atoms with Gasteiger partial charge >= 0.3 is 0 Å². The maximum atomic E-state index is 5.92. The van der Waals surface area contributed by atoms with Crippen molar-refractivity contribution < 1.29 is 9.26 Å². The fourth-order valence-electron chi connectivity index (χ4n) is 4.46. The van der Waals surface area contributed by atoms with Crippen molar-refractivity contribution in [1.82, 2.24) is 5.16 Å². The zero-order valence-electron chi connectivity index (χ0n) is 21.7. The molecule has 0 bridgehead atoms. The molecule has 5 heteroatoms. The summed E-state index contributed by atoms with van der Waals surface area (Å²) >= 11 is 0. The summed E-state index contributed by atoms with van der Waals surface area (Å²) in [5.74, 6) is 1.55. The third-order valence-electron chi connectivity index (χ3n) is 6.60. The van der Waals surface area contributed by atoms with Crippen molar-refractivity contribution in [2.75, 3.05) is 18.2 Å². The van der Waals surface area contributed by atoms with Crippen LogP contribution in [0.3, 0.4) is 0 Å². The number of aromatic nitrogens is 1. The molecule has 0 amide bonds. The van der Waals surface area contributed by atoms with Crippen LogP contribution in [0.25, 0.3) is 33.5 Å². The average Bonchev–Trinajstić information content (AvgIpc) is 3.37. The van der Waals surface area contributed by atoms with Gasteiger partial charge in [-0.3, -0.25) is 0 Å². The first-order chi connectivity index (χ1) is 18.5. The van der Waals surface area contributed by atoms with Crippen LogP contribution in [-0.2, 0) is 12.8 Å². The second-order valence-electron chi connectivity index (χ2n) is 9.21. The van der Waals surface area contributed by atoms with Gasteiger partial charge in [-0.15, -0.1) is 0 Å². The molecule has 0 radical (unpaired) electrons. The molecule has 0 aliphatic carbocycles. The molecule has 0 unspecified atom stereocenters. The van der Waals surface area contributed by atoms with Gasteiger partial charge in [0.1, 0.15) is 11.4 Å². The van der Waals surface area contributed by atoms with Gasteiger partial charge in [-0.2, -0.15) is 0 Å². The van der Waals surface area contributed by atoms with Gasteiger partial charge in [-0.05, 0) is 65.1 Å². The molecule has 3 N–H and O–H groups in total. The van der Waals surface area contributed by atoms with Gasteiger partial charge in [0.2, 0.25) is 0 Å². The Bertz CT molecular complexity index is 1520. The Morgan fingerprint density at radius 1 is 0.816 bits per heavy atom. The highest BCUT2D eigenvalue weighted by Crippen LogP contribution is 2.36. The summed E-state index contributed by atoms with van der Waals surface area (Å²) in [4.78, 5) is 0. The van der Waals surface area contributed by atoms with Gasteiger partial charge in [-0.1, -0.05) is 79.3 Å². The van der Waals surface area contributed by atoms with Gasteiger partial charge in [0.15, 0.2) is 5.76 Å². The molecule has 0 atom stereocenters. The summed E-state index contributed by atoms with van der Waals surface area (Å²) in [7, 11) is 1.67. The number of nitrogens with one attached hydrogen (secondary N) is 1. The Kier molecular flexibility index (Phi) is 7.27. The van der Waals surface area contributed by atoms with E-state index in [0.29, 0.717) is 6.42 Å². The smallest absolute Gasteiger partial charge is 0.151 e. The predicted octanol–water partition coefficient (Wildman–Crippen LogP) is 8.00. The molecule has 0 saturated carbocycles. The molecule has 0 aliphatic rings. The molecule has 190 valence electrons. The number of benzene rings is 4. The molecule has 1 heterocycles. The van der Waals surface area contributed by atoms with Gasteiger partial charge < -0.3 is 20.3 Å². The van der Waals surface area contributed by atoms with Crippen LogP contribution in [0.5, 0.6) is 5.75 Å². The summed E-state index contributed by atoms with van der Waals surface area (Å²) < 4.78 is 11.3. The Morgan fingerprint density at radius 2 is 1.39 bits per heavy atom. The molecule has 0 saturated heterocycles. The van der Waals surface area contributed by atoms with Gasteiger partial charge in [0.05, 0.1) is 12.7 Å². The normalized spacial score (nSPS) is 10.8. The standard InChI is InChI=1S/C33H31N3O2/c1-4-23-5-7-27(8-6-23)33-32(26-13-19-30(37-3)20-14-26)31(38-36-33)21-22(2)35-29-17-11-25(12-18-29)24-9-15-28(34)16-10-24/h5-20,35H,2,4,21,34H2,1,3H3. The minimum Gasteiger partial charge on any atom is -0.497 e. The number of aryl methyl sites for hydroxylation is 1. The number of nitrogens with zero attached hydrogens (tertiary/aromatic N) is 1. The van der Waals surface area contributed by atoms with Crippen LogP contribution in [0.2, 0.25) is 0 Å². The summed E-state index contributed by atoms with van der Waals surface area (Å²) in [5.41, 5.74) is 15.7. The monoisotopic (exact) mass is 501 g/mol. The number of hydrogen-bond acceptors (Lipinski definition) is 5. The fourth-order valence-corrected chi connectivity index (χ4v) is 4.46. The van der Waals surface area contributed by atoms with Gasteiger partial charge in [-0.25, -0.2) is 0 Å². The molecule has 1 aromatic heterocycles. The van der Waals surface area contributed by atoms with E-state index in [1.165, 1.54) is 5.56 Å². The number of nitrogen functional groups attached to an aromatic ring is 1. The quantitative estimate of drug-likeness (QED) is 0.200. The first kappa shape index (κ1) is 24.9. The first-order valence-corrected chi connectivity index (χ1v) is 12.7. The van der Waals surface area contributed by atoms with Crippen LogP contribution in [-0.4, -0.2) is 12.3 Å². The van der Waals surface area contributed by atoms with Crippen molar-refractivity contribution in [2.45, 2.75) is 19.8 Å².